The molecule has 23 heavy (non-hydrogen) atoms. The number of carbonyl (C=O) groups is 1. The number of hydrogen-bond donors (Lipinski definition) is 1. The van der Waals surface area contributed by atoms with E-state index in [1.165, 1.54) is 41.7 Å². The van der Waals surface area contributed by atoms with Gasteiger partial charge in [-0.3, -0.25) is 4.79 Å². The number of aryl methyl sites for hydroxylation is 1. The number of rotatable bonds is 5. The number of carbonyl (C=O) groups excluding carboxylic acids is 1. The summed E-state index contributed by atoms with van der Waals surface area (Å²) < 4.78 is 25.8. The molecule has 0 fully saturated rings. The molecule has 6 nitrogen and oxygen atoms in total. The molecule has 1 heterocycles. The van der Waals surface area contributed by atoms with Crippen LogP contribution in [0.4, 0.5) is 0 Å². The van der Waals surface area contributed by atoms with Crippen LogP contribution in [0.1, 0.15) is 21.8 Å². The van der Waals surface area contributed by atoms with Crippen molar-refractivity contribution >= 4 is 33.3 Å². The van der Waals surface area contributed by atoms with E-state index < -0.39 is 15.9 Å². The molecule has 0 atom stereocenters. The average molecular weight is 347 g/mol. The van der Waals surface area contributed by atoms with Crippen LogP contribution in [0.15, 0.2) is 35.7 Å². The highest BCUT2D eigenvalue weighted by atomic mass is 32.2. The Hall–Kier alpha value is -2.50. The summed E-state index contributed by atoms with van der Waals surface area (Å²) in [4.78, 5) is 15.8. The van der Waals surface area contributed by atoms with Crippen molar-refractivity contribution in [1.82, 2.24) is 9.71 Å². The molecule has 1 aromatic carbocycles. The second kappa shape index (κ2) is 7.17. The van der Waals surface area contributed by atoms with Crippen molar-refractivity contribution in [3.8, 4) is 6.07 Å². The molecule has 1 amide bonds. The molecule has 0 bridgehead atoms. The van der Waals surface area contributed by atoms with Crippen LogP contribution in [0.3, 0.4) is 0 Å². The SMILES string of the molecule is Cc1nc(C=CC(=O)NS(=O)(=O)Cc2ccc(C#N)cc2)cs1. The van der Waals surface area contributed by atoms with Crippen molar-refractivity contribution in [2.24, 2.45) is 0 Å². The number of nitrogens with zero attached hydrogens (tertiary/aromatic N) is 2. The van der Waals surface area contributed by atoms with E-state index in [1.54, 1.807) is 5.38 Å². The number of amides is 1. The highest BCUT2D eigenvalue weighted by Crippen LogP contribution is 2.10. The Morgan fingerprint density at radius 1 is 1.39 bits per heavy atom. The quantitative estimate of drug-likeness (QED) is 0.834. The standard InChI is InChI=1S/C15H13N3O3S2/c1-11-17-14(9-22-11)6-7-15(19)18-23(20,21)10-13-4-2-12(8-16)3-5-13/h2-7,9H,10H2,1H3,(H,18,19). The fourth-order valence-electron chi connectivity index (χ4n) is 1.74. The Labute approximate surface area is 138 Å². The molecule has 0 radical (unpaired) electrons. The normalized spacial score (nSPS) is 11.3. The molecule has 0 saturated carbocycles. The van der Waals surface area contributed by atoms with Crippen LogP contribution in [0, 0.1) is 18.3 Å². The minimum atomic E-state index is -3.80. The molecular formula is C15H13N3O3S2. The molecule has 2 aromatic rings. The van der Waals surface area contributed by atoms with Gasteiger partial charge in [0.05, 0.1) is 28.1 Å². The van der Waals surface area contributed by atoms with Gasteiger partial charge in [-0.1, -0.05) is 12.1 Å². The fourth-order valence-corrected chi connectivity index (χ4v) is 3.39. The van der Waals surface area contributed by atoms with Crippen LogP contribution in [-0.4, -0.2) is 19.3 Å². The number of sulfonamides is 1. The van der Waals surface area contributed by atoms with Gasteiger partial charge in [-0.25, -0.2) is 18.1 Å². The lowest BCUT2D eigenvalue weighted by molar-refractivity contribution is -0.114. The van der Waals surface area contributed by atoms with Gasteiger partial charge in [0.25, 0.3) is 5.91 Å². The minimum Gasteiger partial charge on any atom is -0.269 e. The number of nitriles is 1. The first-order valence-corrected chi connectivity index (χ1v) is 9.05. The van der Waals surface area contributed by atoms with Crippen LogP contribution in [0.2, 0.25) is 0 Å². The summed E-state index contributed by atoms with van der Waals surface area (Å²) >= 11 is 1.44. The lowest BCUT2D eigenvalue weighted by atomic mass is 10.2. The van der Waals surface area contributed by atoms with Gasteiger partial charge in [0.2, 0.25) is 10.0 Å². The number of aromatic nitrogens is 1. The van der Waals surface area contributed by atoms with E-state index in [0.29, 0.717) is 16.8 Å². The Kier molecular flexibility index (Phi) is 5.26. The molecule has 2 rings (SSSR count). The smallest absolute Gasteiger partial charge is 0.257 e. The Balaban J connectivity index is 1.98. The van der Waals surface area contributed by atoms with Gasteiger partial charge >= 0.3 is 0 Å². The van der Waals surface area contributed by atoms with Crippen LogP contribution in [0.25, 0.3) is 6.08 Å². The third-order valence-electron chi connectivity index (χ3n) is 2.74. The maximum atomic E-state index is 11.9. The lowest BCUT2D eigenvalue weighted by Crippen LogP contribution is -2.30. The first-order valence-electron chi connectivity index (χ1n) is 6.52. The highest BCUT2D eigenvalue weighted by Gasteiger charge is 2.14. The first-order chi connectivity index (χ1) is 10.9. The van der Waals surface area contributed by atoms with Crippen LogP contribution in [0.5, 0.6) is 0 Å². The van der Waals surface area contributed by atoms with E-state index in [1.807, 2.05) is 17.7 Å². The van der Waals surface area contributed by atoms with Gasteiger partial charge in [-0.05, 0) is 30.7 Å². The summed E-state index contributed by atoms with van der Waals surface area (Å²) in [6.07, 6.45) is 2.58. The van der Waals surface area contributed by atoms with Crippen molar-refractivity contribution < 1.29 is 13.2 Å². The molecule has 0 saturated heterocycles. The third kappa shape index (κ3) is 5.32. The van der Waals surface area contributed by atoms with Crippen LogP contribution in [-0.2, 0) is 20.6 Å². The Bertz CT molecular complexity index is 875. The monoisotopic (exact) mass is 347 g/mol. The zero-order valence-electron chi connectivity index (χ0n) is 12.2. The predicted molar refractivity (Wildman–Crippen MR) is 87.8 cm³/mol. The summed E-state index contributed by atoms with van der Waals surface area (Å²) in [7, 11) is -3.80. The van der Waals surface area contributed by atoms with Gasteiger partial charge in [0, 0.05) is 11.5 Å². The largest absolute Gasteiger partial charge is 0.269 e. The van der Waals surface area contributed by atoms with E-state index in [9.17, 15) is 13.2 Å². The molecule has 0 unspecified atom stereocenters. The molecule has 118 valence electrons. The molecule has 8 heteroatoms. The second-order valence-corrected chi connectivity index (χ2v) is 7.44. The summed E-state index contributed by atoms with van der Waals surface area (Å²) in [6.45, 7) is 1.84. The molecular weight excluding hydrogens is 334 g/mol. The number of benzene rings is 1. The molecule has 0 spiro atoms. The summed E-state index contributed by atoms with van der Waals surface area (Å²) in [5.41, 5.74) is 1.53. The van der Waals surface area contributed by atoms with E-state index in [-0.39, 0.29) is 5.75 Å². The van der Waals surface area contributed by atoms with Crippen molar-refractivity contribution in [2.45, 2.75) is 12.7 Å². The Morgan fingerprint density at radius 2 is 2.09 bits per heavy atom. The summed E-state index contributed by atoms with van der Waals surface area (Å²) in [5.74, 6) is -1.07. The van der Waals surface area contributed by atoms with Gasteiger partial charge in [-0.15, -0.1) is 11.3 Å². The maximum absolute atomic E-state index is 11.9. The fraction of sp³-hybridized carbons (Fsp3) is 0.133. The second-order valence-electron chi connectivity index (χ2n) is 4.66. The van der Waals surface area contributed by atoms with Gasteiger partial charge in [0.15, 0.2) is 0 Å². The van der Waals surface area contributed by atoms with E-state index in [2.05, 4.69) is 4.98 Å². The van der Waals surface area contributed by atoms with Gasteiger partial charge < -0.3 is 0 Å². The summed E-state index contributed by atoms with van der Waals surface area (Å²) in [5, 5.41) is 11.3. The van der Waals surface area contributed by atoms with Crippen molar-refractivity contribution in [1.29, 1.82) is 5.26 Å². The summed E-state index contributed by atoms with van der Waals surface area (Å²) in [6, 6.07) is 8.08. The first kappa shape index (κ1) is 16.9. The van der Waals surface area contributed by atoms with E-state index in [0.717, 1.165) is 11.1 Å². The number of hydrogen-bond acceptors (Lipinski definition) is 6. The molecule has 1 aromatic heterocycles. The highest BCUT2D eigenvalue weighted by molar-refractivity contribution is 7.89. The number of nitrogens with one attached hydrogen (secondary N) is 1. The van der Waals surface area contributed by atoms with Crippen molar-refractivity contribution in [2.75, 3.05) is 0 Å². The van der Waals surface area contributed by atoms with Crippen molar-refractivity contribution in [3.63, 3.8) is 0 Å². The van der Waals surface area contributed by atoms with Gasteiger partial charge in [-0.2, -0.15) is 5.26 Å². The Morgan fingerprint density at radius 3 is 2.65 bits per heavy atom. The molecule has 0 aliphatic carbocycles. The van der Waals surface area contributed by atoms with Crippen LogP contribution < -0.4 is 4.72 Å². The number of thiazole rings is 1. The zero-order chi connectivity index (χ0) is 16.9. The van der Waals surface area contributed by atoms with Crippen molar-refractivity contribution in [3.05, 3.63) is 57.6 Å². The van der Waals surface area contributed by atoms with Gasteiger partial charge in [0.1, 0.15) is 0 Å². The zero-order valence-corrected chi connectivity index (χ0v) is 13.8. The molecule has 0 aliphatic rings. The minimum absolute atomic E-state index is 0.339. The predicted octanol–water partition coefficient (Wildman–Crippen LogP) is 1.98. The lowest BCUT2D eigenvalue weighted by Gasteiger charge is -2.05. The molecule has 0 aliphatic heterocycles. The van der Waals surface area contributed by atoms with Crippen LogP contribution >= 0.6 is 11.3 Å². The van der Waals surface area contributed by atoms with E-state index in [4.69, 9.17) is 5.26 Å². The third-order valence-corrected chi connectivity index (χ3v) is 4.76. The maximum Gasteiger partial charge on any atom is 0.257 e. The average Bonchev–Trinajstić information content (AvgIpc) is 2.91. The topological polar surface area (TPSA) is 99.9 Å². The van der Waals surface area contributed by atoms with E-state index >= 15 is 0 Å². The molecule has 1 N–H and O–H groups in total.